The van der Waals surface area contributed by atoms with Gasteiger partial charge in [0.15, 0.2) is 0 Å². The average molecular weight is 314 g/mol. The van der Waals surface area contributed by atoms with Crippen molar-refractivity contribution in [1.82, 2.24) is 10.2 Å². The van der Waals surface area contributed by atoms with E-state index in [1.165, 1.54) is 44.9 Å². The summed E-state index contributed by atoms with van der Waals surface area (Å²) in [5.41, 5.74) is 0. The van der Waals surface area contributed by atoms with Gasteiger partial charge < -0.3 is 5.32 Å². The molecule has 1 aliphatic carbocycles. The van der Waals surface area contributed by atoms with Gasteiger partial charge in [0.05, 0.1) is 5.25 Å². The first kappa shape index (κ1) is 15.8. The van der Waals surface area contributed by atoms with Crippen LogP contribution in [-0.2, 0) is 9.84 Å². The van der Waals surface area contributed by atoms with Crippen molar-refractivity contribution in [3.05, 3.63) is 0 Å². The maximum Gasteiger partial charge on any atom is 0.150 e. The third-order valence-corrected chi connectivity index (χ3v) is 7.58. The van der Waals surface area contributed by atoms with Crippen LogP contribution in [0.15, 0.2) is 0 Å². The SMILES string of the molecule is CS(=O)(=O)C1CCCC(N2CCCC2C2CCNCC2)C1. The first-order valence-corrected chi connectivity index (χ1v) is 10.7. The van der Waals surface area contributed by atoms with E-state index in [-0.39, 0.29) is 5.25 Å². The lowest BCUT2D eigenvalue weighted by molar-refractivity contribution is 0.0947. The molecular formula is C16H30N2O2S. The standard InChI is InChI=1S/C16H30N2O2S/c1-21(19,20)15-5-2-4-14(12-15)18-11-3-6-16(18)13-7-9-17-10-8-13/h13-17H,2-12H2,1H3. The molecule has 0 aromatic heterocycles. The molecule has 2 aliphatic heterocycles. The molecule has 2 heterocycles. The highest BCUT2D eigenvalue weighted by Gasteiger charge is 2.39. The van der Waals surface area contributed by atoms with Gasteiger partial charge in [-0.2, -0.15) is 0 Å². The van der Waals surface area contributed by atoms with Crippen LogP contribution in [0.1, 0.15) is 51.4 Å². The summed E-state index contributed by atoms with van der Waals surface area (Å²) in [6, 6.07) is 1.23. The summed E-state index contributed by atoms with van der Waals surface area (Å²) in [6.45, 7) is 3.51. The monoisotopic (exact) mass is 314 g/mol. The number of sulfone groups is 1. The molecule has 0 spiro atoms. The zero-order valence-electron chi connectivity index (χ0n) is 13.3. The van der Waals surface area contributed by atoms with E-state index in [0.29, 0.717) is 6.04 Å². The van der Waals surface area contributed by atoms with E-state index < -0.39 is 9.84 Å². The van der Waals surface area contributed by atoms with Crippen LogP contribution in [0.2, 0.25) is 0 Å². The van der Waals surface area contributed by atoms with Gasteiger partial charge in [0.25, 0.3) is 0 Å². The Bertz CT molecular complexity index is 445. The minimum atomic E-state index is -2.87. The van der Waals surface area contributed by atoms with E-state index in [1.54, 1.807) is 0 Å². The largest absolute Gasteiger partial charge is 0.317 e. The van der Waals surface area contributed by atoms with Crippen molar-refractivity contribution in [2.75, 3.05) is 25.9 Å². The minimum absolute atomic E-state index is 0.0921. The lowest BCUT2D eigenvalue weighted by Crippen LogP contribution is -2.48. The van der Waals surface area contributed by atoms with E-state index in [2.05, 4.69) is 10.2 Å². The lowest BCUT2D eigenvalue weighted by Gasteiger charge is -2.41. The van der Waals surface area contributed by atoms with Crippen molar-refractivity contribution in [1.29, 1.82) is 0 Å². The third-order valence-electron chi connectivity index (χ3n) is 5.94. The fourth-order valence-electron chi connectivity index (χ4n) is 4.81. The molecule has 122 valence electrons. The molecule has 21 heavy (non-hydrogen) atoms. The molecular weight excluding hydrogens is 284 g/mol. The Labute approximate surface area is 129 Å². The molecule has 1 saturated carbocycles. The van der Waals surface area contributed by atoms with Crippen LogP contribution >= 0.6 is 0 Å². The van der Waals surface area contributed by atoms with E-state index in [9.17, 15) is 8.42 Å². The quantitative estimate of drug-likeness (QED) is 0.863. The van der Waals surface area contributed by atoms with Crippen molar-refractivity contribution in [3.8, 4) is 0 Å². The summed E-state index contributed by atoms with van der Waals surface area (Å²) in [7, 11) is -2.87. The Hall–Kier alpha value is -0.130. The fraction of sp³-hybridized carbons (Fsp3) is 1.00. The Balaban J connectivity index is 1.66. The molecule has 4 nitrogen and oxygen atoms in total. The van der Waals surface area contributed by atoms with Crippen LogP contribution in [0.25, 0.3) is 0 Å². The summed E-state index contributed by atoms with van der Waals surface area (Å²) in [5, 5.41) is 3.37. The van der Waals surface area contributed by atoms with Gasteiger partial charge in [-0.05, 0) is 70.5 Å². The molecule has 0 aromatic rings. The second-order valence-electron chi connectivity index (χ2n) is 7.31. The first-order chi connectivity index (χ1) is 10.1. The highest BCUT2D eigenvalue weighted by atomic mass is 32.2. The molecule has 3 atom stereocenters. The van der Waals surface area contributed by atoms with Gasteiger partial charge in [0.1, 0.15) is 9.84 Å². The highest BCUT2D eigenvalue weighted by molar-refractivity contribution is 7.91. The zero-order chi connectivity index (χ0) is 14.9. The first-order valence-electron chi connectivity index (χ1n) is 8.71. The molecule has 0 radical (unpaired) electrons. The summed E-state index contributed by atoms with van der Waals surface area (Å²) in [5.74, 6) is 0.826. The number of likely N-dealkylation sites (tertiary alicyclic amines) is 1. The van der Waals surface area contributed by atoms with Crippen LogP contribution in [0.3, 0.4) is 0 Å². The van der Waals surface area contributed by atoms with Gasteiger partial charge in [-0.3, -0.25) is 4.90 Å². The number of nitrogens with one attached hydrogen (secondary N) is 1. The van der Waals surface area contributed by atoms with Crippen molar-refractivity contribution in [2.24, 2.45) is 5.92 Å². The topological polar surface area (TPSA) is 49.4 Å². The smallest absolute Gasteiger partial charge is 0.150 e. The second-order valence-corrected chi connectivity index (χ2v) is 9.63. The van der Waals surface area contributed by atoms with E-state index >= 15 is 0 Å². The number of hydrogen-bond donors (Lipinski definition) is 1. The maximum absolute atomic E-state index is 11.9. The lowest BCUT2D eigenvalue weighted by atomic mass is 9.86. The molecule has 5 heteroatoms. The van der Waals surface area contributed by atoms with Crippen molar-refractivity contribution in [3.63, 3.8) is 0 Å². The summed E-state index contributed by atoms with van der Waals surface area (Å²) in [4.78, 5) is 2.70. The van der Waals surface area contributed by atoms with Gasteiger partial charge in [0.2, 0.25) is 0 Å². The Morgan fingerprint density at radius 1 is 1.00 bits per heavy atom. The molecule has 0 bridgehead atoms. The third kappa shape index (κ3) is 3.62. The van der Waals surface area contributed by atoms with E-state index in [4.69, 9.17) is 0 Å². The number of piperidine rings is 1. The maximum atomic E-state index is 11.9. The number of hydrogen-bond acceptors (Lipinski definition) is 4. The van der Waals surface area contributed by atoms with Gasteiger partial charge in [-0.15, -0.1) is 0 Å². The zero-order valence-corrected chi connectivity index (χ0v) is 14.1. The minimum Gasteiger partial charge on any atom is -0.317 e. The van der Waals surface area contributed by atoms with Crippen LogP contribution in [0.5, 0.6) is 0 Å². The molecule has 0 aromatic carbocycles. The average Bonchev–Trinajstić information content (AvgIpc) is 2.97. The normalized spacial score (nSPS) is 36.9. The van der Waals surface area contributed by atoms with Gasteiger partial charge >= 0.3 is 0 Å². The predicted molar refractivity (Wildman–Crippen MR) is 86.2 cm³/mol. The van der Waals surface area contributed by atoms with Crippen molar-refractivity contribution < 1.29 is 8.42 Å². The molecule has 2 saturated heterocycles. The fourth-order valence-corrected chi connectivity index (χ4v) is 5.98. The van der Waals surface area contributed by atoms with Crippen LogP contribution in [0, 0.1) is 5.92 Å². The van der Waals surface area contributed by atoms with Crippen molar-refractivity contribution >= 4 is 9.84 Å². The van der Waals surface area contributed by atoms with Crippen LogP contribution in [0.4, 0.5) is 0 Å². The molecule has 3 unspecified atom stereocenters. The van der Waals surface area contributed by atoms with Gasteiger partial charge in [0, 0.05) is 18.3 Å². The second kappa shape index (κ2) is 6.55. The Kier molecular flexibility index (Phi) is 4.91. The number of rotatable bonds is 3. The number of nitrogens with zero attached hydrogens (tertiary/aromatic N) is 1. The van der Waals surface area contributed by atoms with E-state index in [1.807, 2.05) is 0 Å². The summed E-state index contributed by atoms with van der Waals surface area (Å²) in [6.07, 6.45) is 10.7. The van der Waals surface area contributed by atoms with Gasteiger partial charge in [-0.25, -0.2) is 8.42 Å². The molecule has 3 fully saturated rings. The van der Waals surface area contributed by atoms with E-state index in [0.717, 1.165) is 44.3 Å². The van der Waals surface area contributed by atoms with Crippen LogP contribution < -0.4 is 5.32 Å². The molecule has 1 N–H and O–H groups in total. The van der Waals surface area contributed by atoms with Crippen molar-refractivity contribution in [2.45, 2.75) is 68.7 Å². The predicted octanol–water partition coefficient (Wildman–Crippen LogP) is 1.81. The highest BCUT2D eigenvalue weighted by Crippen LogP contribution is 2.36. The molecule has 0 amide bonds. The summed E-state index contributed by atoms with van der Waals surface area (Å²) >= 11 is 0. The Morgan fingerprint density at radius 3 is 2.48 bits per heavy atom. The summed E-state index contributed by atoms with van der Waals surface area (Å²) < 4.78 is 23.8. The van der Waals surface area contributed by atoms with Crippen LogP contribution in [-0.4, -0.2) is 56.5 Å². The Morgan fingerprint density at radius 2 is 1.76 bits per heavy atom. The molecule has 3 aliphatic rings. The van der Waals surface area contributed by atoms with Gasteiger partial charge in [-0.1, -0.05) is 6.42 Å². The molecule has 3 rings (SSSR count).